The van der Waals surface area contributed by atoms with Crippen molar-refractivity contribution in [1.29, 1.82) is 0 Å². The minimum Gasteiger partial charge on any atom is -0.414 e. The maximum atomic E-state index is 11.8. The molecule has 130 valence electrons. The molecule has 2 N–H and O–H groups in total. The van der Waals surface area contributed by atoms with Crippen LogP contribution >= 0.6 is 0 Å². The molecule has 1 aliphatic rings. The Kier molecular flexibility index (Phi) is 5.00. The molecule has 0 radical (unpaired) electrons. The van der Waals surface area contributed by atoms with E-state index in [2.05, 4.69) is 38.8 Å². The van der Waals surface area contributed by atoms with Crippen LogP contribution in [-0.4, -0.2) is 41.8 Å². The highest BCUT2D eigenvalue weighted by Gasteiger charge is 2.41. The summed E-state index contributed by atoms with van der Waals surface area (Å²) in [5.74, 6) is 0. The minimum atomic E-state index is -1.93. The van der Waals surface area contributed by atoms with Gasteiger partial charge in [0.1, 0.15) is 12.3 Å². The first kappa shape index (κ1) is 18.1. The average Bonchev–Trinajstić information content (AvgIpc) is 2.76. The molecule has 1 aromatic heterocycles. The van der Waals surface area contributed by atoms with E-state index in [0.717, 1.165) is 0 Å². The van der Waals surface area contributed by atoms with Crippen molar-refractivity contribution in [3.63, 3.8) is 0 Å². The van der Waals surface area contributed by atoms with Gasteiger partial charge in [-0.25, -0.2) is 4.79 Å². The first-order valence-corrected chi connectivity index (χ1v) is 10.7. The van der Waals surface area contributed by atoms with Gasteiger partial charge in [0.25, 0.3) is 5.56 Å². The van der Waals surface area contributed by atoms with Gasteiger partial charge in [-0.15, -0.1) is 0 Å². The molecule has 0 aromatic carbocycles. The lowest BCUT2D eigenvalue weighted by molar-refractivity contribution is -0.0432. The average molecular weight is 342 g/mol. The highest BCUT2D eigenvalue weighted by molar-refractivity contribution is 6.74. The summed E-state index contributed by atoms with van der Waals surface area (Å²) in [4.78, 5) is 25.1. The highest BCUT2D eigenvalue weighted by atomic mass is 28.4. The second kappa shape index (κ2) is 6.35. The first-order chi connectivity index (χ1) is 10.5. The van der Waals surface area contributed by atoms with Gasteiger partial charge in [-0.1, -0.05) is 20.8 Å². The lowest BCUT2D eigenvalue weighted by Crippen LogP contribution is -2.43. The fourth-order valence-corrected chi connectivity index (χ4v) is 3.21. The third kappa shape index (κ3) is 4.00. The van der Waals surface area contributed by atoms with Crippen molar-refractivity contribution in [2.45, 2.75) is 63.8 Å². The van der Waals surface area contributed by atoms with E-state index in [0.29, 0.717) is 6.61 Å². The van der Waals surface area contributed by atoms with Gasteiger partial charge in [0, 0.05) is 18.7 Å². The Hall–Kier alpha value is -1.22. The van der Waals surface area contributed by atoms with Crippen LogP contribution in [0, 0.1) is 0 Å². The number of hydrogen-bond acceptors (Lipinski definition) is 5. The second-order valence-corrected chi connectivity index (χ2v) is 12.3. The number of ether oxygens (including phenoxy) is 1. The Morgan fingerprint density at radius 3 is 2.65 bits per heavy atom. The number of hydrogen-bond donors (Lipinski definition) is 2. The Labute approximate surface area is 136 Å². The van der Waals surface area contributed by atoms with Crippen LogP contribution in [0.25, 0.3) is 0 Å². The summed E-state index contributed by atoms with van der Waals surface area (Å²) < 4.78 is 13.2. The number of rotatable bonds is 4. The third-order valence-corrected chi connectivity index (χ3v) is 9.28. The van der Waals surface area contributed by atoms with Crippen molar-refractivity contribution in [1.82, 2.24) is 9.55 Å². The fourth-order valence-electron chi connectivity index (χ4n) is 2.20. The number of aliphatic hydroxyl groups excluding tert-OH is 1. The van der Waals surface area contributed by atoms with E-state index in [1.54, 1.807) is 0 Å². The van der Waals surface area contributed by atoms with Gasteiger partial charge in [0.05, 0.1) is 12.7 Å². The van der Waals surface area contributed by atoms with E-state index in [4.69, 9.17) is 9.16 Å². The van der Waals surface area contributed by atoms with Crippen LogP contribution in [0.15, 0.2) is 21.9 Å². The Morgan fingerprint density at radius 1 is 1.43 bits per heavy atom. The Bertz CT molecular complexity index is 661. The maximum absolute atomic E-state index is 11.8. The highest BCUT2D eigenvalue weighted by Crippen LogP contribution is 2.37. The Morgan fingerprint density at radius 2 is 2.09 bits per heavy atom. The summed E-state index contributed by atoms with van der Waals surface area (Å²) in [7, 11) is -1.93. The number of aromatic nitrogens is 2. The lowest BCUT2D eigenvalue weighted by atomic mass is 10.2. The molecule has 2 rings (SSSR count). The molecule has 0 bridgehead atoms. The van der Waals surface area contributed by atoms with E-state index in [1.165, 1.54) is 16.8 Å². The van der Waals surface area contributed by atoms with Crippen molar-refractivity contribution in [2.75, 3.05) is 6.61 Å². The van der Waals surface area contributed by atoms with Gasteiger partial charge in [0.15, 0.2) is 8.32 Å². The second-order valence-electron chi connectivity index (χ2n) is 7.52. The molecule has 1 unspecified atom stereocenters. The zero-order chi connectivity index (χ0) is 17.4. The minimum absolute atomic E-state index is 0.0752. The molecule has 8 heteroatoms. The number of nitrogens with one attached hydrogen (secondary N) is 1. The molecule has 1 fully saturated rings. The van der Waals surface area contributed by atoms with Crippen LogP contribution < -0.4 is 11.2 Å². The topological polar surface area (TPSA) is 93.5 Å². The number of H-pyrrole nitrogens is 1. The molecule has 1 saturated heterocycles. The van der Waals surface area contributed by atoms with Crippen molar-refractivity contribution in [3.8, 4) is 0 Å². The van der Waals surface area contributed by atoms with Crippen molar-refractivity contribution >= 4 is 8.32 Å². The quantitative estimate of drug-likeness (QED) is 0.802. The van der Waals surface area contributed by atoms with Crippen LogP contribution in [0.3, 0.4) is 0 Å². The molecule has 1 aliphatic heterocycles. The number of aliphatic hydroxyl groups is 1. The summed E-state index contributed by atoms with van der Waals surface area (Å²) >= 11 is 0. The van der Waals surface area contributed by atoms with Crippen LogP contribution in [0.4, 0.5) is 0 Å². The lowest BCUT2D eigenvalue weighted by Gasteiger charge is -2.37. The first-order valence-electron chi connectivity index (χ1n) is 7.80. The van der Waals surface area contributed by atoms with E-state index >= 15 is 0 Å². The molecule has 1 aromatic rings. The van der Waals surface area contributed by atoms with E-state index in [1.807, 2.05) is 0 Å². The van der Waals surface area contributed by atoms with Gasteiger partial charge in [-0.05, 0) is 18.1 Å². The third-order valence-electron chi connectivity index (χ3n) is 4.78. The number of nitrogens with zero attached hydrogens (tertiary/aromatic N) is 1. The van der Waals surface area contributed by atoms with Crippen LogP contribution in [0.2, 0.25) is 18.1 Å². The van der Waals surface area contributed by atoms with E-state index in [9.17, 15) is 14.7 Å². The molecule has 2 heterocycles. The zero-order valence-electron chi connectivity index (χ0n) is 14.3. The SMILES string of the molecule is CC(C)(C)[Si](C)(C)OC[C@@H]1O[C@H](n2ccc(=O)[nH]c2=O)CC1O. The molecule has 23 heavy (non-hydrogen) atoms. The van der Waals surface area contributed by atoms with Gasteiger partial charge < -0.3 is 14.3 Å². The Balaban J connectivity index is 2.04. The zero-order valence-corrected chi connectivity index (χ0v) is 15.3. The van der Waals surface area contributed by atoms with Gasteiger partial charge in [-0.3, -0.25) is 14.3 Å². The normalized spacial score (nSPS) is 25.7. The van der Waals surface area contributed by atoms with Gasteiger partial charge in [-0.2, -0.15) is 0 Å². The largest absolute Gasteiger partial charge is 0.414 e. The molecule has 0 saturated carbocycles. The monoisotopic (exact) mass is 342 g/mol. The summed E-state index contributed by atoms with van der Waals surface area (Å²) in [5, 5.41) is 10.3. The van der Waals surface area contributed by atoms with Crippen molar-refractivity contribution in [2.24, 2.45) is 0 Å². The number of aromatic amines is 1. The molecule has 7 nitrogen and oxygen atoms in total. The predicted molar refractivity (Wildman–Crippen MR) is 89.0 cm³/mol. The molecule has 0 aliphatic carbocycles. The summed E-state index contributed by atoms with van der Waals surface area (Å²) in [5.41, 5.74) is -0.997. The van der Waals surface area contributed by atoms with Crippen LogP contribution in [-0.2, 0) is 9.16 Å². The van der Waals surface area contributed by atoms with Gasteiger partial charge >= 0.3 is 5.69 Å². The summed E-state index contributed by atoms with van der Waals surface area (Å²) in [6.45, 7) is 11.0. The van der Waals surface area contributed by atoms with Gasteiger partial charge in [0.2, 0.25) is 0 Å². The van der Waals surface area contributed by atoms with Crippen molar-refractivity contribution < 1.29 is 14.3 Å². The van der Waals surface area contributed by atoms with Crippen molar-refractivity contribution in [3.05, 3.63) is 33.1 Å². The summed E-state index contributed by atoms with van der Waals surface area (Å²) in [6.07, 6.45) is -0.105. The summed E-state index contributed by atoms with van der Waals surface area (Å²) in [6, 6.07) is 1.26. The molecular weight excluding hydrogens is 316 g/mol. The van der Waals surface area contributed by atoms with E-state index < -0.39 is 38.0 Å². The standard InChI is InChI=1S/C15H26N2O5Si/c1-15(2,3)23(4,5)21-9-11-10(18)8-13(22-11)17-7-6-12(19)16-14(17)20/h6-7,10-11,13,18H,8-9H2,1-5H3,(H,16,19,20)/t10?,11-,13-/m0/s1. The molecular formula is C15H26N2O5Si. The van der Waals surface area contributed by atoms with E-state index in [-0.39, 0.29) is 11.5 Å². The molecule has 3 atom stereocenters. The predicted octanol–water partition coefficient (Wildman–Crippen LogP) is 1.21. The van der Waals surface area contributed by atoms with Crippen LogP contribution in [0.5, 0.6) is 0 Å². The fraction of sp³-hybridized carbons (Fsp3) is 0.733. The molecule has 0 spiro atoms. The van der Waals surface area contributed by atoms with Crippen LogP contribution in [0.1, 0.15) is 33.4 Å². The molecule has 0 amide bonds. The smallest absolute Gasteiger partial charge is 0.330 e. The maximum Gasteiger partial charge on any atom is 0.330 e.